The molecule has 9 nitrogen and oxygen atoms in total. The van der Waals surface area contributed by atoms with Gasteiger partial charge in [-0.15, -0.1) is 0 Å². The van der Waals surface area contributed by atoms with E-state index in [-0.39, 0.29) is 21.7 Å². The predicted octanol–water partition coefficient (Wildman–Crippen LogP) is 3.49. The van der Waals surface area contributed by atoms with Crippen molar-refractivity contribution in [1.82, 2.24) is 9.88 Å². The van der Waals surface area contributed by atoms with Crippen molar-refractivity contribution in [2.75, 3.05) is 57.4 Å². The average Bonchev–Trinajstić information content (AvgIpc) is 3.35. The number of piperazine rings is 1. The van der Waals surface area contributed by atoms with Crippen LogP contribution in [-0.2, 0) is 9.84 Å². The Labute approximate surface area is 205 Å². The van der Waals surface area contributed by atoms with Gasteiger partial charge in [0, 0.05) is 37.8 Å². The van der Waals surface area contributed by atoms with E-state index in [1.54, 1.807) is 6.07 Å². The molecule has 0 amide bonds. The molecule has 0 spiro atoms. The third-order valence-electron chi connectivity index (χ3n) is 6.18. The van der Waals surface area contributed by atoms with Crippen molar-refractivity contribution in [1.29, 1.82) is 0 Å². The maximum absolute atomic E-state index is 13.8. The first-order valence-corrected chi connectivity index (χ1v) is 13.3. The highest BCUT2D eigenvalue weighted by atomic mass is 32.2. The molecule has 186 valence electrons. The number of rotatable bonds is 7. The average molecular weight is 500 g/mol. The van der Waals surface area contributed by atoms with Crippen LogP contribution in [0.1, 0.15) is 13.8 Å². The van der Waals surface area contributed by atoms with Crippen LogP contribution in [0.15, 0.2) is 56.8 Å². The third kappa shape index (κ3) is 4.68. The van der Waals surface area contributed by atoms with Gasteiger partial charge in [-0.3, -0.25) is 0 Å². The van der Waals surface area contributed by atoms with Crippen molar-refractivity contribution in [2.24, 2.45) is 0 Å². The Morgan fingerprint density at radius 3 is 2.34 bits per heavy atom. The van der Waals surface area contributed by atoms with Crippen LogP contribution in [0.3, 0.4) is 0 Å². The fourth-order valence-electron chi connectivity index (χ4n) is 4.23. The number of aromatic nitrogens is 1. The van der Waals surface area contributed by atoms with Crippen LogP contribution in [-0.4, -0.2) is 70.8 Å². The third-order valence-corrected chi connectivity index (χ3v) is 7.83. The summed E-state index contributed by atoms with van der Waals surface area (Å²) in [7, 11) is -4.00. The van der Waals surface area contributed by atoms with Gasteiger partial charge >= 0.3 is 0 Å². The maximum atomic E-state index is 13.8. The number of benzene rings is 2. The Morgan fingerprint density at radius 2 is 1.66 bits per heavy atom. The summed E-state index contributed by atoms with van der Waals surface area (Å²) in [5.74, 6) is 2.17. The zero-order valence-electron chi connectivity index (χ0n) is 19.9. The minimum Gasteiger partial charge on any atom is -0.494 e. The predicted molar refractivity (Wildman–Crippen MR) is 130 cm³/mol. The monoisotopic (exact) mass is 499 g/mol. The Hall–Kier alpha value is -3.24. The van der Waals surface area contributed by atoms with E-state index in [0.29, 0.717) is 50.0 Å². The maximum Gasteiger partial charge on any atom is 0.236 e. The molecule has 0 radical (unpaired) electrons. The Kier molecular flexibility index (Phi) is 6.57. The Bertz CT molecular complexity index is 1280. The molecule has 3 heterocycles. The van der Waals surface area contributed by atoms with Gasteiger partial charge in [0.1, 0.15) is 19.0 Å². The minimum atomic E-state index is -4.00. The molecule has 2 aromatic carbocycles. The van der Waals surface area contributed by atoms with Crippen LogP contribution in [0.5, 0.6) is 17.2 Å². The first-order chi connectivity index (χ1) is 17.0. The second-order valence-corrected chi connectivity index (χ2v) is 10.2. The molecule has 1 aromatic heterocycles. The van der Waals surface area contributed by atoms with E-state index in [2.05, 4.69) is 16.8 Å². The highest BCUT2D eigenvalue weighted by Crippen LogP contribution is 2.38. The Balaban J connectivity index is 1.55. The van der Waals surface area contributed by atoms with E-state index in [1.807, 2.05) is 36.1 Å². The van der Waals surface area contributed by atoms with Crippen LogP contribution in [0.25, 0.3) is 11.5 Å². The molecule has 0 bridgehead atoms. The molecule has 5 rings (SSSR count). The number of hydrogen-bond acceptors (Lipinski definition) is 9. The highest BCUT2D eigenvalue weighted by molar-refractivity contribution is 7.91. The van der Waals surface area contributed by atoms with Crippen LogP contribution in [0.2, 0.25) is 0 Å². The van der Waals surface area contributed by atoms with Crippen LogP contribution < -0.4 is 19.1 Å². The molecular formula is C25H29N3O6S. The first kappa shape index (κ1) is 23.5. The standard InChI is InChI=1S/C25H29N3O6S/c1-3-27-11-13-28(14-12-27)25-24(26-23(34-25)18-5-7-19(8-6-18)31-4-2)35(29,30)20-9-10-21-22(17-20)33-16-15-32-21/h5-10,17H,3-4,11-16H2,1-2H3. The number of anilines is 1. The lowest BCUT2D eigenvalue weighted by Crippen LogP contribution is -2.46. The molecule has 0 aliphatic carbocycles. The first-order valence-electron chi connectivity index (χ1n) is 11.9. The van der Waals surface area contributed by atoms with Crippen molar-refractivity contribution >= 4 is 15.7 Å². The van der Waals surface area contributed by atoms with Gasteiger partial charge in [0.25, 0.3) is 0 Å². The topological polar surface area (TPSA) is 94.3 Å². The fourth-order valence-corrected chi connectivity index (χ4v) is 5.56. The number of hydrogen-bond donors (Lipinski definition) is 0. The summed E-state index contributed by atoms with van der Waals surface area (Å²) in [6, 6.07) is 11.9. The summed E-state index contributed by atoms with van der Waals surface area (Å²) in [6.45, 7) is 9.28. The molecule has 1 fully saturated rings. The van der Waals surface area contributed by atoms with Gasteiger partial charge in [-0.1, -0.05) is 6.92 Å². The molecular weight excluding hydrogens is 470 g/mol. The lowest BCUT2D eigenvalue weighted by molar-refractivity contribution is 0.171. The van der Waals surface area contributed by atoms with E-state index in [9.17, 15) is 8.42 Å². The van der Waals surface area contributed by atoms with E-state index in [0.717, 1.165) is 25.4 Å². The zero-order chi connectivity index (χ0) is 24.4. The number of ether oxygens (including phenoxy) is 3. The lowest BCUT2D eigenvalue weighted by Gasteiger charge is -2.33. The second kappa shape index (κ2) is 9.79. The number of fused-ring (bicyclic) bond motifs is 1. The summed E-state index contributed by atoms with van der Waals surface area (Å²) >= 11 is 0. The normalized spacial score (nSPS) is 16.3. The molecule has 1 saturated heterocycles. The Morgan fingerprint density at radius 1 is 0.943 bits per heavy atom. The number of sulfone groups is 1. The van der Waals surface area contributed by atoms with E-state index >= 15 is 0 Å². The zero-order valence-corrected chi connectivity index (χ0v) is 20.7. The summed E-state index contributed by atoms with van der Waals surface area (Å²) in [4.78, 5) is 8.87. The molecule has 35 heavy (non-hydrogen) atoms. The van der Waals surface area contributed by atoms with Crippen molar-refractivity contribution in [3.05, 3.63) is 42.5 Å². The minimum absolute atomic E-state index is 0.0849. The van der Waals surface area contributed by atoms with Gasteiger partial charge in [-0.25, -0.2) is 8.42 Å². The number of oxazole rings is 1. The lowest BCUT2D eigenvalue weighted by atomic mass is 10.2. The van der Waals surface area contributed by atoms with Gasteiger partial charge < -0.3 is 28.4 Å². The van der Waals surface area contributed by atoms with Crippen LogP contribution >= 0.6 is 0 Å². The summed E-state index contributed by atoms with van der Waals surface area (Å²) < 4.78 is 50.4. The van der Waals surface area contributed by atoms with Crippen molar-refractivity contribution in [3.63, 3.8) is 0 Å². The van der Waals surface area contributed by atoms with Gasteiger partial charge in [0.15, 0.2) is 11.5 Å². The fraction of sp³-hybridized carbons (Fsp3) is 0.400. The van der Waals surface area contributed by atoms with Gasteiger partial charge in [0.2, 0.25) is 26.6 Å². The smallest absolute Gasteiger partial charge is 0.236 e. The summed E-state index contributed by atoms with van der Waals surface area (Å²) in [6.07, 6.45) is 0. The second-order valence-electron chi connectivity index (χ2n) is 8.32. The molecule has 2 aliphatic heterocycles. The number of nitrogens with zero attached hydrogens (tertiary/aromatic N) is 3. The molecule has 2 aliphatic rings. The largest absolute Gasteiger partial charge is 0.494 e. The summed E-state index contributed by atoms with van der Waals surface area (Å²) in [5.41, 5.74) is 0.672. The molecule has 0 N–H and O–H groups in total. The molecule has 0 unspecified atom stereocenters. The van der Waals surface area contributed by atoms with Gasteiger partial charge in [0.05, 0.1) is 11.5 Å². The van der Waals surface area contributed by atoms with Crippen LogP contribution in [0.4, 0.5) is 5.88 Å². The van der Waals surface area contributed by atoms with E-state index < -0.39 is 9.84 Å². The molecule has 0 saturated carbocycles. The molecule has 10 heteroatoms. The quantitative estimate of drug-likeness (QED) is 0.484. The van der Waals surface area contributed by atoms with Crippen molar-refractivity contribution < 1.29 is 27.0 Å². The summed E-state index contributed by atoms with van der Waals surface area (Å²) in [5, 5.41) is -0.0944. The van der Waals surface area contributed by atoms with Gasteiger partial charge in [-0.2, -0.15) is 4.98 Å². The molecule has 3 aromatic rings. The SMILES string of the molecule is CCOc1ccc(-c2nc(S(=O)(=O)c3ccc4c(c3)OCCO4)c(N3CCN(CC)CC3)o2)cc1. The number of likely N-dealkylation sites (N-methyl/N-ethyl adjacent to an activating group) is 1. The van der Waals surface area contributed by atoms with E-state index in [1.165, 1.54) is 12.1 Å². The molecule has 0 atom stereocenters. The van der Waals surface area contributed by atoms with Crippen molar-refractivity contribution in [2.45, 2.75) is 23.8 Å². The van der Waals surface area contributed by atoms with Crippen LogP contribution in [0, 0.1) is 0 Å². The highest BCUT2D eigenvalue weighted by Gasteiger charge is 2.33. The van der Waals surface area contributed by atoms with Gasteiger partial charge in [-0.05, 0) is 49.9 Å². The van der Waals surface area contributed by atoms with E-state index in [4.69, 9.17) is 18.6 Å². The van der Waals surface area contributed by atoms with Crippen molar-refractivity contribution in [3.8, 4) is 28.7 Å².